The van der Waals surface area contributed by atoms with Gasteiger partial charge in [0.25, 0.3) is 0 Å². The first kappa shape index (κ1) is 14.9. The van der Waals surface area contributed by atoms with Crippen molar-refractivity contribution in [1.29, 1.82) is 0 Å². The molecule has 0 bridgehead atoms. The van der Waals surface area contributed by atoms with Crippen LogP contribution in [0.5, 0.6) is 0 Å². The maximum atomic E-state index is 12.9. The van der Waals surface area contributed by atoms with Crippen LogP contribution in [0.3, 0.4) is 0 Å². The smallest absolute Gasteiger partial charge is 0.213 e. The zero-order chi connectivity index (χ0) is 12.3. The van der Waals surface area contributed by atoms with Gasteiger partial charge in [-0.15, -0.1) is 17.0 Å². The number of aromatic nitrogens is 2. The number of hydrogen-bond acceptors (Lipinski definition) is 3. The minimum Gasteiger partial charge on any atom is -0.293 e. The van der Waals surface area contributed by atoms with Crippen molar-refractivity contribution in [1.82, 2.24) is 9.97 Å². The first-order valence-electron chi connectivity index (χ1n) is 4.88. The lowest BCUT2D eigenvalue weighted by atomic mass is 10.1. The van der Waals surface area contributed by atoms with Crippen molar-refractivity contribution in [3.63, 3.8) is 0 Å². The summed E-state index contributed by atoms with van der Waals surface area (Å²) in [7, 11) is 0. The number of rotatable bonds is 3. The van der Waals surface area contributed by atoms with E-state index < -0.39 is 10.8 Å². The van der Waals surface area contributed by atoms with Crippen molar-refractivity contribution in [3.8, 4) is 0 Å². The van der Waals surface area contributed by atoms with Gasteiger partial charge in [0.05, 0.1) is 0 Å². The van der Waals surface area contributed by atoms with Gasteiger partial charge < -0.3 is 0 Å². The molecule has 0 saturated carbocycles. The van der Waals surface area contributed by atoms with Crippen molar-refractivity contribution in [2.24, 2.45) is 0 Å². The van der Waals surface area contributed by atoms with Gasteiger partial charge in [-0.05, 0) is 29.8 Å². The fourth-order valence-corrected chi connectivity index (χ4v) is 1.94. The lowest BCUT2D eigenvalue weighted by molar-refractivity contribution is 0.0991. The first-order valence-corrected chi connectivity index (χ1v) is 5.80. The molecule has 2 rings (SSSR count). The van der Waals surface area contributed by atoms with Gasteiger partial charge in [-0.25, -0.2) is 4.98 Å². The largest absolute Gasteiger partial charge is 0.293 e. The van der Waals surface area contributed by atoms with E-state index in [1.165, 1.54) is 12.3 Å². The monoisotopic (exact) mass is 374 g/mol. The number of alkyl halides is 1. The normalized spacial score (nSPS) is 11.4. The highest BCUT2D eigenvalue weighted by Gasteiger charge is 2.19. The second kappa shape index (κ2) is 6.70. The van der Waals surface area contributed by atoms with Gasteiger partial charge in [0, 0.05) is 24.2 Å². The Morgan fingerprint density at radius 1 is 1.22 bits per heavy atom. The third-order valence-corrected chi connectivity index (χ3v) is 3.18. The highest BCUT2D eigenvalue weighted by molar-refractivity contribution is 9.09. The van der Waals surface area contributed by atoms with E-state index in [0.29, 0.717) is 11.1 Å². The fraction of sp³-hybridized carbons (Fsp3) is 0.0833. The third kappa shape index (κ3) is 3.43. The predicted octanol–water partition coefficient (Wildman–Crippen LogP) is 3.51. The molecule has 0 aliphatic heterocycles. The highest BCUT2D eigenvalue weighted by Crippen LogP contribution is 2.26. The Bertz CT molecular complexity index is 537. The summed E-state index contributed by atoms with van der Waals surface area (Å²) in [5.41, 5.74) is 1.07. The molecule has 0 saturated heterocycles. The molecule has 94 valence electrons. The molecule has 0 amide bonds. The van der Waals surface area contributed by atoms with Crippen LogP contribution >= 0.6 is 32.9 Å². The molecule has 1 atom stereocenters. The molecule has 3 nitrogen and oxygen atoms in total. The molecular weight excluding hydrogens is 367 g/mol. The summed E-state index contributed by atoms with van der Waals surface area (Å²) in [5, 5.41) is 0. The van der Waals surface area contributed by atoms with Crippen LogP contribution in [0, 0.1) is 5.95 Å². The maximum Gasteiger partial charge on any atom is 0.213 e. The van der Waals surface area contributed by atoms with E-state index in [-0.39, 0.29) is 22.8 Å². The standard InChI is InChI=1S/C12H8BrFN2O.BrH/c13-11(9-3-6-16-10(14)7-9)12(17)8-1-4-15-5-2-8;/h1-7,11H;1H. The van der Waals surface area contributed by atoms with Gasteiger partial charge >= 0.3 is 0 Å². The first-order chi connectivity index (χ1) is 8.18. The van der Waals surface area contributed by atoms with Crippen molar-refractivity contribution in [3.05, 3.63) is 59.9 Å². The molecule has 2 aromatic rings. The van der Waals surface area contributed by atoms with E-state index in [0.717, 1.165) is 0 Å². The molecule has 0 radical (unpaired) electrons. The van der Waals surface area contributed by atoms with Gasteiger partial charge in [0.15, 0.2) is 5.78 Å². The van der Waals surface area contributed by atoms with Crippen molar-refractivity contribution in [2.75, 3.05) is 0 Å². The summed E-state index contributed by atoms with van der Waals surface area (Å²) in [6, 6.07) is 6.07. The molecular formula is C12H9Br2FN2O. The van der Waals surface area contributed by atoms with Gasteiger partial charge in [-0.3, -0.25) is 9.78 Å². The molecule has 0 spiro atoms. The topological polar surface area (TPSA) is 42.9 Å². The van der Waals surface area contributed by atoms with E-state index in [4.69, 9.17) is 0 Å². The van der Waals surface area contributed by atoms with Crippen LogP contribution in [-0.4, -0.2) is 15.8 Å². The van der Waals surface area contributed by atoms with Crippen molar-refractivity contribution in [2.45, 2.75) is 4.83 Å². The van der Waals surface area contributed by atoms with Crippen LogP contribution in [0.4, 0.5) is 4.39 Å². The summed E-state index contributed by atoms with van der Waals surface area (Å²) in [6.07, 6.45) is 4.42. The van der Waals surface area contributed by atoms with E-state index >= 15 is 0 Å². The Labute approximate surface area is 122 Å². The molecule has 6 heteroatoms. The molecule has 0 aliphatic rings. The lowest BCUT2D eigenvalue weighted by Gasteiger charge is -2.08. The van der Waals surface area contributed by atoms with Crippen LogP contribution in [0.1, 0.15) is 20.7 Å². The molecule has 1 unspecified atom stereocenters. The summed E-state index contributed by atoms with van der Waals surface area (Å²) < 4.78 is 12.9. The second-order valence-corrected chi connectivity index (χ2v) is 4.29. The zero-order valence-corrected chi connectivity index (χ0v) is 12.4. The third-order valence-electron chi connectivity index (χ3n) is 2.24. The fourth-order valence-electron chi connectivity index (χ4n) is 1.39. The Morgan fingerprint density at radius 3 is 2.50 bits per heavy atom. The lowest BCUT2D eigenvalue weighted by Crippen LogP contribution is -2.07. The molecule has 0 fully saturated rings. The Hall–Kier alpha value is -1.14. The SMILES string of the molecule is Br.O=C(c1ccncc1)C(Br)c1ccnc(F)c1. The van der Waals surface area contributed by atoms with Gasteiger partial charge in [0.2, 0.25) is 5.95 Å². The Balaban J connectivity index is 0.00000162. The number of pyridine rings is 2. The van der Waals surface area contributed by atoms with E-state index in [1.807, 2.05) is 0 Å². The molecule has 2 heterocycles. The molecule has 0 aromatic carbocycles. The zero-order valence-electron chi connectivity index (χ0n) is 9.09. The van der Waals surface area contributed by atoms with Crippen molar-refractivity contribution >= 4 is 38.7 Å². The van der Waals surface area contributed by atoms with Gasteiger partial charge in [-0.2, -0.15) is 4.39 Å². The molecule has 18 heavy (non-hydrogen) atoms. The number of carbonyl (C=O) groups excluding carboxylic acids is 1. The van der Waals surface area contributed by atoms with E-state index in [2.05, 4.69) is 25.9 Å². The number of hydrogen-bond donors (Lipinski definition) is 0. The average molecular weight is 376 g/mol. The Kier molecular flexibility index (Phi) is 5.55. The van der Waals surface area contributed by atoms with Crippen LogP contribution < -0.4 is 0 Å². The minimum absolute atomic E-state index is 0. The van der Waals surface area contributed by atoms with Crippen LogP contribution in [0.15, 0.2) is 42.9 Å². The van der Waals surface area contributed by atoms with Crippen molar-refractivity contribution < 1.29 is 9.18 Å². The summed E-state index contributed by atoms with van der Waals surface area (Å²) in [6.45, 7) is 0. The van der Waals surface area contributed by atoms with Crippen LogP contribution in [0.25, 0.3) is 0 Å². The second-order valence-electron chi connectivity index (χ2n) is 3.37. The van der Waals surface area contributed by atoms with Crippen LogP contribution in [0.2, 0.25) is 0 Å². The summed E-state index contributed by atoms with van der Waals surface area (Å²) in [5.74, 6) is -0.743. The van der Waals surface area contributed by atoms with Gasteiger partial charge in [-0.1, -0.05) is 15.9 Å². The molecule has 0 aliphatic carbocycles. The van der Waals surface area contributed by atoms with E-state index in [1.54, 1.807) is 30.6 Å². The number of halogens is 3. The molecule has 2 aromatic heterocycles. The summed E-state index contributed by atoms with van der Waals surface area (Å²) >= 11 is 3.26. The van der Waals surface area contributed by atoms with E-state index in [9.17, 15) is 9.18 Å². The highest BCUT2D eigenvalue weighted by atomic mass is 79.9. The number of Topliss-reactive ketones (excluding diaryl/α,β-unsaturated/α-hetero) is 1. The number of nitrogens with zero attached hydrogens (tertiary/aromatic N) is 2. The van der Waals surface area contributed by atoms with Crippen LogP contribution in [-0.2, 0) is 0 Å². The number of carbonyl (C=O) groups is 1. The molecule has 0 N–H and O–H groups in total. The quantitative estimate of drug-likeness (QED) is 0.468. The minimum atomic E-state index is -0.602. The Morgan fingerprint density at radius 2 is 1.89 bits per heavy atom. The average Bonchev–Trinajstić information content (AvgIpc) is 2.38. The summed E-state index contributed by atoms with van der Waals surface area (Å²) in [4.78, 5) is 18.7. The maximum absolute atomic E-state index is 12.9. The number of ketones is 1. The van der Waals surface area contributed by atoms with Gasteiger partial charge in [0.1, 0.15) is 4.83 Å². The predicted molar refractivity (Wildman–Crippen MR) is 74.8 cm³/mol.